The smallest absolute Gasteiger partial charge is 0.249 e. The molecule has 2 unspecified atom stereocenters. The van der Waals surface area contributed by atoms with Crippen molar-refractivity contribution in [3.05, 3.63) is 65.5 Å². The Labute approximate surface area is 145 Å². The largest absolute Gasteiger partial charge is 0.364 e. The van der Waals surface area contributed by atoms with Crippen LogP contribution in [-0.4, -0.2) is 26.2 Å². The summed E-state index contributed by atoms with van der Waals surface area (Å²) in [7, 11) is -3.38. The van der Waals surface area contributed by atoms with Crippen LogP contribution in [0.5, 0.6) is 0 Å². The number of carbonyl (C=O) groups is 1. The van der Waals surface area contributed by atoms with Crippen molar-refractivity contribution in [2.45, 2.75) is 30.6 Å². The van der Waals surface area contributed by atoms with Crippen molar-refractivity contribution in [3.63, 3.8) is 0 Å². The quantitative estimate of drug-likeness (QED) is 0.885. The van der Waals surface area contributed by atoms with Gasteiger partial charge in [0.2, 0.25) is 5.91 Å². The average Bonchev–Trinajstić information content (AvgIpc) is 2.85. The second-order valence-corrected chi connectivity index (χ2v) is 7.96. The van der Waals surface area contributed by atoms with Crippen LogP contribution in [-0.2, 0) is 26.0 Å². The maximum absolute atomic E-state index is 12.9. The number of nitrogens with one attached hydrogen (secondary N) is 1. The van der Waals surface area contributed by atoms with Crippen molar-refractivity contribution >= 4 is 15.7 Å². The number of carbonyl (C=O) groups excluding carboxylic acids is 1. The third-order valence-electron chi connectivity index (χ3n) is 4.11. The van der Waals surface area contributed by atoms with Crippen molar-refractivity contribution in [1.29, 1.82) is 0 Å². The lowest BCUT2D eigenvalue weighted by Crippen LogP contribution is -2.37. The number of ether oxygens (including phenoxy) is 1. The first-order valence-corrected chi connectivity index (χ1v) is 9.50. The Morgan fingerprint density at radius 1 is 1.24 bits per heavy atom. The fourth-order valence-electron chi connectivity index (χ4n) is 2.74. The van der Waals surface area contributed by atoms with E-state index in [1.165, 1.54) is 12.1 Å². The summed E-state index contributed by atoms with van der Waals surface area (Å²) in [5, 5.41) is 2.73. The Kier molecular flexibility index (Phi) is 4.87. The minimum absolute atomic E-state index is 0.150. The van der Waals surface area contributed by atoms with E-state index in [9.17, 15) is 17.6 Å². The highest BCUT2D eigenvalue weighted by molar-refractivity contribution is 7.91. The van der Waals surface area contributed by atoms with Crippen LogP contribution in [0, 0.1) is 5.82 Å². The Hall–Kier alpha value is -2.25. The van der Waals surface area contributed by atoms with E-state index in [0.717, 1.165) is 5.56 Å². The molecule has 2 aromatic carbocycles. The summed E-state index contributed by atoms with van der Waals surface area (Å²) in [6.07, 6.45) is -0.763. The lowest BCUT2D eigenvalue weighted by atomic mass is 10.1. The second-order valence-electron chi connectivity index (χ2n) is 5.96. The highest BCUT2D eigenvalue weighted by Gasteiger charge is 2.35. The molecule has 0 aromatic heterocycles. The van der Waals surface area contributed by atoms with E-state index in [4.69, 9.17) is 4.74 Å². The molecule has 1 amide bonds. The predicted molar refractivity (Wildman–Crippen MR) is 90.0 cm³/mol. The molecule has 2 aromatic rings. The summed E-state index contributed by atoms with van der Waals surface area (Å²) >= 11 is 0. The molecule has 0 spiro atoms. The number of benzene rings is 2. The summed E-state index contributed by atoms with van der Waals surface area (Å²) < 4.78 is 42.6. The third kappa shape index (κ3) is 3.88. The molecule has 0 saturated heterocycles. The minimum Gasteiger partial charge on any atom is -0.364 e. The van der Waals surface area contributed by atoms with Gasteiger partial charge in [0.05, 0.1) is 23.3 Å². The average molecular weight is 363 g/mol. The lowest BCUT2D eigenvalue weighted by molar-refractivity contribution is -0.133. The fourth-order valence-corrected chi connectivity index (χ4v) is 4.47. The minimum atomic E-state index is -3.38. The molecule has 25 heavy (non-hydrogen) atoms. The van der Waals surface area contributed by atoms with Gasteiger partial charge in [-0.1, -0.05) is 30.3 Å². The second kappa shape index (κ2) is 6.93. The first-order chi connectivity index (χ1) is 11.9. The van der Waals surface area contributed by atoms with Crippen LogP contribution in [0.4, 0.5) is 4.39 Å². The Morgan fingerprint density at radius 3 is 2.64 bits per heavy atom. The van der Waals surface area contributed by atoms with Gasteiger partial charge in [-0.05, 0) is 36.2 Å². The Bertz CT molecular complexity index is 880. The van der Waals surface area contributed by atoms with E-state index in [2.05, 4.69) is 5.32 Å². The number of hydrogen-bond donors (Lipinski definition) is 1. The molecule has 3 rings (SSSR count). The Morgan fingerprint density at radius 2 is 1.92 bits per heavy atom. The zero-order valence-corrected chi connectivity index (χ0v) is 14.4. The molecule has 5 nitrogen and oxygen atoms in total. The molecule has 1 aliphatic rings. The first kappa shape index (κ1) is 17.6. The van der Waals surface area contributed by atoms with E-state index < -0.39 is 22.0 Å². The molecule has 0 radical (unpaired) electrons. The summed E-state index contributed by atoms with van der Waals surface area (Å²) in [4.78, 5) is 12.6. The highest BCUT2D eigenvalue weighted by Crippen LogP contribution is 2.33. The van der Waals surface area contributed by atoms with Gasteiger partial charge in [-0.25, -0.2) is 12.8 Å². The van der Waals surface area contributed by atoms with Gasteiger partial charge < -0.3 is 10.1 Å². The van der Waals surface area contributed by atoms with E-state index >= 15 is 0 Å². The monoisotopic (exact) mass is 363 g/mol. The Balaban J connectivity index is 1.61. The van der Waals surface area contributed by atoms with Gasteiger partial charge >= 0.3 is 0 Å². The number of amides is 1. The number of halogens is 1. The van der Waals surface area contributed by atoms with E-state index in [1.54, 1.807) is 43.3 Å². The molecule has 7 heteroatoms. The van der Waals surface area contributed by atoms with Crippen molar-refractivity contribution in [1.82, 2.24) is 5.32 Å². The van der Waals surface area contributed by atoms with E-state index in [1.807, 2.05) is 0 Å². The molecular formula is C18H18FNO4S. The van der Waals surface area contributed by atoms with Gasteiger partial charge in [-0.2, -0.15) is 0 Å². The maximum Gasteiger partial charge on any atom is 0.249 e. The number of sulfone groups is 1. The van der Waals surface area contributed by atoms with Crippen LogP contribution >= 0.6 is 0 Å². The summed E-state index contributed by atoms with van der Waals surface area (Å²) in [5.41, 5.74) is 1.34. The summed E-state index contributed by atoms with van der Waals surface area (Å²) in [6, 6.07) is 11.9. The van der Waals surface area contributed by atoms with Gasteiger partial charge in [0.1, 0.15) is 11.9 Å². The molecule has 0 aliphatic carbocycles. The van der Waals surface area contributed by atoms with Gasteiger partial charge in [0, 0.05) is 0 Å². The molecule has 132 valence electrons. The first-order valence-electron chi connectivity index (χ1n) is 7.85. The molecule has 1 heterocycles. The number of hydrogen-bond acceptors (Lipinski definition) is 4. The maximum atomic E-state index is 12.9. The standard InChI is InChI=1S/C18H18FNO4S/c1-12(24-10-13-6-8-14(19)9-7-13)18(21)20-16-11-25(22,23)17-5-3-2-4-15(16)17/h2-9,12,16H,10-11H2,1H3,(H,20,21). The highest BCUT2D eigenvalue weighted by atomic mass is 32.2. The third-order valence-corrected chi connectivity index (χ3v) is 5.93. The van der Waals surface area contributed by atoms with Crippen LogP contribution < -0.4 is 5.32 Å². The summed E-state index contributed by atoms with van der Waals surface area (Å²) in [6.45, 7) is 1.75. The predicted octanol–water partition coefficient (Wildman–Crippen LogP) is 2.38. The topological polar surface area (TPSA) is 72.5 Å². The molecule has 0 saturated carbocycles. The molecule has 1 aliphatic heterocycles. The van der Waals surface area contributed by atoms with Gasteiger partial charge in [0.25, 0.3) is 0 Å². The van der Waals surface area contributed by atoms with Crippen LogP contribution in [0.2, 0.25) is 0 Å². The molecular weight excluding hydrogens is 345 g/mol. The van der Waals surface area contributed by atoms with E-state index in [0.29, 0.717) is 5.56 Å². The van der Waals surface area contributed by atoms with Crippen molar-refractivity contribution in [2.75, 3.05) is 5.75 Å². The van der Waals surface area contributed by atoms with Crippen molar-refractivity contribution < 1.29 is 22.3 Å². The molecule has 0 fully saturated rings. The van der Waals surface area contributed by atoms with Crippen LogP contribution in [0.15, 0.2) is 53.4 Å². The lowest BCUT2D eigenvalue weighted by Gasteiger charge is -2.17. The SMILES string of the molecule is CC(OCc1ccc(F)cc1)C(=O)NC1CS(=O)(=O)c2ccccc21. The normalized spacial score (nSPS) is 19.2. The van der Waals surface area contributed by atoms with Crippen molar-refractivity contribution in [3.8, 4) is 0 Å². The molecule has 2 atom stereocenters. The van der Waals surface area contributed by atoms with Gasteiger partial charge in [0.15, 0.2) is 9.84 Å². The summed E-state index contributed by atoms with van der Waals surface area (Å²) in [5.74, 6) is -0.877. The molecule has 1 N–H and O–H groups in total. The van der Waals surface area contributed by atoms with Crippen LogP contribution in [0.1, 0.15) is 24.1 Å². The van der Waals surface area contributed by atoms with Crippen molar-refractivity contribution in [2.24, 2.45) is 0 Å². The van der Waals surface area contributed by atoms with Gasteiger partial charge in [-0.3, -0.25) is 4.79 Å². The van der Waals surface area contributed by atoms with Crippen LogP contribution in [0.25, 0.3) is 0 Å². The van der Waals surface area contributed by atoms with Gasteiger partial charge in [-0.15, -0.1) is 0 Å². The number of fused-ring (bicyclic) bond motifs is 1. The molecule has 0 bridgehead atoms. The zero-order valence-electron chi connectivity index (χ0n) is 13.6. The van der Waals surface area contributed by atoms with Crippen LogP contribution in [0.3, 0.4) is 0 Å². The van der Waals surface area contributed by atoms with E-state index in [-0.39, 0.29) is 29.0 Å². The number of rotatable bonds is 5. The fraction of sp³-hybridized carbons (Fsp3) is 0.278. The zero-order chi connectivity index (χ0) is 18.0.